The minimum atomic E-state index is -0.345. The lowest BCUT2D eigenvalue weighted by molar-refractivity contribution is 0.0314. The number of rotatable bonds is 8. The second kappa shape index (κ2) is 8.74. The van der Waals surface area contributed by atoms with Crippen LogP contribution in [0.2, 0.25) is 0 Å². The third-order valence-electron chi connectivity index (χ3n) is 2.37. The molecule has 1 rings (SSSR count). The highest BCUT2D eigenvalue weighted by Crippen LogP contribution is 2.02. The van der Waals surface area contributed by atoms with Crippen molar-refractivity contribution in [3.8, 4) is 6.07 Å². The molecular formula is C14H19NO2. The zero-order valence-electron chi connectivity index (χ0n) is 10.3. The molecular weight excluding hydrogens is 214 g/mol. The summed E-state index contributed by atoms with van der Waals surface area (Å²) in [7, 11) is 0. The van der Waals surface area contributed by atoms with E-state index in [2.05, 4.69) is 12.1 Å². The van der Waals surface area contributed by atoms with Crippen LogP contribution in [0, 0.1) is 11.3 Å². The maximum atomic E-state index is 8.49. The minimum Gasteiger partial charge on any atom is -0.379 e. The van der Waals surface area contributed by atoms with E-state index in [1.165, 1.54) is 5.56 Å². The van der Waals surface area contributed by atoms with Gasteiger partial charge in [0.25, 0.3) is 0 Å². The molecule has 0 aliphatic carbocycles. The molecule has 0 spiro atoms. The van der Waals surface area contributed by atoms with Gasteiger partial charge in [-0.2, -0.15) is 5.26 Å². The van der Waals surface area contributed by atoms with Gasteiger partial charge < -0.3 is 9.47 Å². The molecule has 3 heteroatoms. The summed E-state index contributed by atoms with van der Waals surface area (Å²) in [5.41, 5.74) is 1.34. The van der Waals surface area contributed by atoms with Crippen LogP contribution < -0.4 is 0 Å². The van der Waals surface area contributed by atoms with E-state index in [-0.39, 0.29) is 6.10 Å². The maximum absolute atomic E-state index is 8.49. The summed E-state index contributed by atoms with van der Waals surface area (Å²) in [6.45, 7) is 3.51. The topological polar surface area (TPSA) is 42.2 Å². The van der Waals surface area contributed by atoms with Gasteiger partial charge in [0.15, 0.2) is 0 Å². The van der Waals surface area contributed by atoms with E-state index in [0.29, 0.717) is 13.2 Å². The molecule has 92 valence electrons. The molecule has 0 fully saturated rings. The van der Waals surface area contributed by atoms with Crippen molar-refractivity contribution >= 4 is 0 Å². The largest absolute Gasteiger partial charge is 0.379 e. The molecule has 17 heavy (non-hydrogen) atoms. The van der Waals surface area contributed by atoms with Gasteiger partial charge in [-0.1, -0.05) is 30.3 Å². The van der Waals surface area contributed by atoms with E-state index in [4.69, 9.17) is 14.7 Å². The van der Waals surface area contributed by atoms with Crippen molar-refractivity contribution in [3.05, 3.63) is 35.9 Å². The monoisotopic (exact) mass is 233 g/mol. The SMILES string of the molecule is CC(C#N)OCCOCCCc1ccccc1. The van der Waals surface area contributed by atoms with Crippen LogP contribution in [-0.2, 0) is 15.9 Å². The van der Waals surface area contributed by atoms with E-state index in [1.54, 1.807) is 6.92 Å². The van der Waals surface area contributed by atoms with Gasteiger partial charge in [0.05, 0.1) is 19.3 Å². The number of benzene rings is 1. The summed E-state index contributed by atoms with van der Waals surface area (Å²) in [6, 6.07) is 12.4. The molecule has 1 aromatic rings. The normalized spacial score (nSPS) is 12.0. The van der Waals surface area contributed by atoms with Gasteiger partial charge in [0.1, 0.15) is 6.10 Å². The van der Waals surface area contributed by atoms with Crippen molar-refractivity contribution in [2.24, 2.45) is 0 Å². The first-order chi connectivity index (χ1) is 8.33. The van der Waals surface area contributed by atoms with Crippen molar-refractivity contribution < 1.29 is 9.47 Å². The third-order valence-corrected chi connectivity index (χ3v) is 2.37. The first kappa shape index (κ1) is 13.7. The zero-order valence-corrected chi connectivity index (χ0v) is 10.3. The molecule has 0 amide bonds. The summed E-state index contributed by atoms with van der Waals surface area (Å²) in [5, 5.41) is 8.49. The minimum absolute atomic E-state index is 0.345. The summed E-state index contributed by atoms with van der Waals surface area (Å²) >= 11 is 0. The summed E-state index contributed by atoms with van der Waals surface area (Å²) in [5.74, 6) is 0. The first-order valence-electron chi connectivity index (χ1n) is 5.96. The molecule has 0 saturated carbocycles. The molecule has 0 aromatic heterocycles. The van der Waals surface area contributed by atoms with Crippen molar-refractivity contribution in [1.29, 1.82) is 5.26 Å². The Hall–Kier alpha value is -1.37. The number of ether oxygens (including phenoxy) is 2. The van der Waals surface area contributed by atoms with Crippen LogP contribution in [0.25, 0.3) is 0 Å². The average molecular weight is 233 g/mol. The van der Waals surface area contributed by atoms with Crippen LogP contribution in [0.5, 0.6) is 0 Å². The Morgan fingerprint density at radius 2 is 1.94 bits per heavy atom. The molecule has 1 aromatic carbocycles. The van der Waals surface area contributed by atoms with Crippen LogP contribution in [0.1, 0.15) is 18.9 Å². The molecule has 0 N–H and O–H groups in total. The lowest BCUT2D eigenvalue weighted by Crippen LogP contribution is -2.11. The van der Waals surface area contributed by atoms with Crippen molar-refractivity contribution in [2.45, 2.75) is 25.9 Å². The highest BCUT2D eigenvalue weighted by molar-refractivity contribution is 5.14. The van der Waals surface area contributed by atoms with Crippen molar-refractivity contribution in [1.82, 2.24) is 0 Å². The van der Waals surface area contributed by atoms with Crippen molar-refractivity contribution in [2.75, 3.05) is 19.8 Å². The highest BCUT2D eigenvalue weighted by Gasteiger charge is 1.97. The third kappa shape index (κ3) is 6.72. The molecule has 0 saturated heterocycles. The lowest BCUT2D eigenvalue weighted by atomic mass is 10.1. The Balaban J connectivity index is 1.93. The molecule has 0 radical (unpaired) electrons. The smallest absolute Gasteiger partial charge is 0.141 e. The van der Waals surface area contributed by atoms with Crippen LogP contribution >= 0.6 is 0 Å². The van der Waals surface area contributed by atoms with Gasteiger partial charge in [0.2, 0.25) is 0 Å². The van der Waals surface area contributed by atoms with Crippen LogP contribution in [-0.4, -0.2) is 25.9 Å². The standard InChI is InChI=1S/C14H19NO2/c1-13(12-15)17-11-10-16-9-5-8-14-6-3-2-4-7-14/h2-4,6-7,13H,5,8-11H2,1H3. The zero-order chi connectivity index (χ0) is 12.3. The summed E-state index contributed by atoms with van der Waals surface area (Å²) in [6.07, 6.45) is 1.71. The van der Waals surface area contributed by atoms with Crippen LogP contribution in [0.4, 0.5) is 0 Å². The fraction of sp³-hybridized carbons (Fsp3) is 0.500. The predicted molar refractivity (Wildman–Crippen MR) is 66.6 cm³/mol. The molecule has 1 unspecified atom stereocenters. The van der Waals surface area contributed by atoms with E-state index in [0.717, 1.165) is 19.4 Å². The number of hydrogen-bond donors (Lipinski definition) is 0. The first-order valence-corrected chi connectivity index (χ1v) is 5.96. The van der Waals surface area contributed by atoms with E-state index in [9.17, 15) is 0 Å². The van der Waals surface area contributed by atoms with E-state index >= 15 is 0 Å². The Kier molecular flexibility index (Phi) is 7.04. The van der Waals surface area contributed by atoms with Gasteiger partial charge in [-0.25, -0.2) is 0 Å². The fourth-order valence-corrected chi connectivity index (χ4v) is 1.45. The van der Waals surface area contributed by atoms with Gasteiger partial charge in [-0.15, -0.1) is 0 Å². The second-order valence-corrected chi connectivity index (χ2v) is 3.84. The van der Waals surface area contributed by atoms with E-state index < -0.39 is 0 Å². The lowest BCUT2D eigenvalue weighted by Gasteiger charge is -2.06. The summed E-state index contributed by atoms with van der Waals surface area (Å²) < 4.78 is 10.6. The number of nitrogens with zero attached hydrogens (tertiary/aromatic N) is 1. The number of aryl methyl sites for hydroxylation is 1. The quantitative estimate of drug-likeness (QED) is 0.648. The van der Waals surface area contributed by atoms with Crippen LogP contribution in [0.3, 0.4) is 0 Å². The highest BCUT2D eigenvalue weighted by atomic mass is 16.5. The molecule has 0 bridgehead atoms. The molecule has 0 heterocycles. The molecule has 3 nitrogen and oxygen atoms in total. The molecule has 0 aliphatic heterocycles. The fourth-order valence-electron chi connectivity index (χ4n) is 1.45. The van der Waals surface area contributed by atoms with Gasteiger partial charge in [-0.3, -0.25) is 0 Å². The van der Waals surface area contributed by atoms with Gasteiger partial charge >= 0.3 is 0 Å². The number of nitriles is 1. The average Bonchev–Trinajstić information content (AvgIpc) is 2.38. The Labute approximate surface area is 103 Å². The Morgan fingerprint density at radius 3 is 2.65 bits per heavy atom. The van der Waals surface area contributed by atoms with Gasteiger partial charge in [0, 0.05) is 6.61 Å². The maximum Gasteiger partial charge on any atom is 0.141 e. The number of hydrogen-bond acceptors (Lipinski definition) is 3. The molecule has 1 atom stereocenters. The van der Waals surface area contributed by atoms with Crippen molar-refractivity contribution in [3.63, 3.8) is 0 Å². The Bertz CT molecular complexity index is 332. The molecule has 0 aliphatic rings. The predicted octanol–water partition coefficient (Wildman–Crippen LogP) is 2.56. The Morgan fingerprint density at radius 1 is 1.18 bits per heavy atom. The van der Waals surface area contributed by atoms with Crippen LogP contribution in [0.15, 0.2) is 30.3 Å². The second-order valence-electron chi connectivity index (χ2n) is 3.84. The van der Waals surface area contributed by atoms with Gasteiger partial charge in [-0.05, 0) is 25.3 Å². The summed E-state index contributed by atoms with van der Waals surface area (Å²) in [4.78, 5) is 0. The van der Waals surface area contributed by atoms with E-state index in [1.807, 2.05) is 24.3 Å².